The quantitative estimate of drug-likeness (QED) is 0.861. The molecule has 116 valence electrons. The number of carbonyl (C=O) groups excluding carboxylic acids is 1. The van der Waals surface area contributed by atoms with E-state index in [0.29, 0.717) is 23.9 Å². The van der Waals surface area contributed by atoms with Gasteiger partial charge in [-0.1, -0.05) is 11.6 Å². The molecule has 0 unspecified atom stereocenters. The highest BCUT2D eigenvalue weighted by molar-refractivity contribution is 6.31. The summed E-state index contributed by atoms with van der Waals surface area (Å²) in [6.45, 7) is 8.85. The zero-order valence-corrected chi connectivity index (χ0v) is 13.7. The van der Waals surface area contributed by atoms with E-state index in [0.717, 1.165) is 5.56 Å². The summed E-state index contributed by atoms with van der Waals surface area (Å²) >= 11 is 5.99. The van der Waals surface area contributed by atoms with Crippen molar-refractivity contribution < 1.29 is 14.3 Å². The van der Waals surface area contributed by atoms with Crippen molar-refractivity contribution in [1.82, 2.24) is 4.90 Å². The van der Waals surface area contributed by atoms with Crippen LogP contribution in [0.3, 0.4) is 0 Å². The number of benzene rings is 1. The molecule has 1 aromatic carbocycles. The molecule has 0 aliphatic carbocycles. The summed E-state index contributed by atoms with van der Waals surface area (Å²) in [6, 6.07) is 5.41. The molecule has 1 aromatic rings. The number of carbonyl (C=O) groups is 1. The van der Waals surface area contributed by atoms with Crippen LogP contribution in [0.25, 0.3) is 0 Å². The summed E-state index contributed by atoms with van der Waals surface area (Å²) in [7, 11) is 0. The number of aryl methyl sites for hydroxylation is 1. The highest BCUT2D eigenvalue weighted by Crippen LogP contribution is 2.22. The van der Waals surface area contributed by atoms with Crippen LogP contribution in [0, 0.1) is 6.92 Å². The van der Waals surface area contributed by atoms with Gasteiger partial charge in [-0.15, -0.1) is 0 Å². The van der Waals surface area contributed by atoms with Crippen LogP contribution in [0.2, 0.25) is 5.02 Å². The van der Waals surface area contributed by atoms with Crippen LogP contribution in [0.4, 0.5) is 0 Å². The maximum Gasteiger partial charge on any atom is 0.263 e. The number of rotatable bonds is 3. The Hall–Kier alpha value is -1.26. The molecule has 1 aliphatic rings. The highest BCUT2D eigenvalue weighted by Gasteiger charge is 2.29. The fraction of sp³-hybridized carbons (Fsp3) is 0.562. The number of morpholine rings is 1. The average Bonchev–Trinajstić information content (AvgIpc) is 2.41. The lowest BCUT2D eigenvalue weighted by atomic mass is 10.2. The monoisotopic (exact) mass is 311 g/mol. The fourth-order valence-electron chi connectivity index (χ4n) is 2.56. The smallest absolute Gasteiger partial charge is 0.263 e. The van der Waals surface area contributed by atoms with Gasteiger partial charge in [-0.25, -0.2) is 0 Å². The molecule has 1 amide bonds. The van der Waals surface area contributed by atoms with Gasteiger partial charge < -0.3 is 14.4 Å². The summed E-state index contributed by atoms with van der Waals surface area (Å²) in [4.78, 5) is 14.3. The first-order valence-corrected chi connectivity index (χ1v) is 7.61. The van der Waals surface area contributed by atoms with Crippen molar-refractivity contribution in [2.75, 3.05) is 13.1 Å². The van der Waals surface area contributed by atoms with E-state index in [4.69, 9.17) is 21.1 Å². The fourth-order valence-corrected chi connectivity index (χ4v) is 2.68. The Bertz CT molecular complexity index is 510. The SMILES string of the molecule is Cc1cc(O[C@@H](C)C(=O)N2C[C@@H](C)O[C@@H](C)C2)ccc1Cl. The molecule has 5 heteroatoms. The molecule has 2 rings (SSSR count). The van der Waals surface area contributed by atoms with Crippen LogP contribution in [0.1, 0.15) is 26.3 Å². The summed E-state index contributed by atoms with van der Waals surface area (Å²) < 4.78 is 11.4. The van der Waals surface area contributed by atoms with E-state index in [2.05, 4.69) is 0 Å². The first-order valence-electron chi connectivity index (χ1n) is 7.24. The van der Waals surface area contributed by atoms with Crippen molar-refractivity contribution in [3.63, 3.8) is 0 Å². The molecule has 4 nitrogen and oxygen atoms in total. The van der Waals surface area contributed by atoms with Gasteiger partial charge in [0.1, 0.15) is 5.75 Å². The van der Waals surface area contributed by atoms with Gasteiger partial charge in [0, 0.05) is 18.1 Å². The third-order valence-corrected chi connectivity index (χ3v) is 3.95. The second-order valence-electron chi connectivity index (χ2n) is 5.67. The Kier molecular flexibility index (Phi) is 5.12. The van der Waals surface area contributed by atoms with Gasteiger partial charge in [0.05, 0.1) is 12.2 Å². The molecule has 1 heterocycles. The number of ether oxygens (including phenoxy) is 2. The Labute approximate surface area is 131 Å². The van der Waals surface area contributed by atoms with Crippen molar-refractivity contribution in [3.05, 3.63) is 28.8 Å². The van der Waals surface area contributed by atoms with Gasteiger partial charge in [0.15, 0.2) is 6.10 Å². The summed E-state index contributed by atoms with van der Waals surface area (Å²) in [5, 5.41) is 0.692. The molecule has 3 atom stereocenters. The predicted octanol–water partition coefficient (Wildman–Crippen LogP) is 3.05. The number of halogens is 1. The summed E-state index contributed by atoms with van der Waals surface area (Å²) in [5.41, 5.74) is 0.933. The van der Waals surface area contributed by atoms with Crippen molar-refractivity contribution in [2.45, 2.75) is 46.0 Å². The summed E-state index contributed by atoms with van der Waals surface area (Å²) in [6.07, 6.45) is -0.409. The molecular weight excluding hydrogens is 290 g/mol. The van der Waals surface area contributed by atoms with Gasteiger partial charge in [0.25, 0.3) is 5.91 Å². The Morgan fingerprint density at radius 2 is 2.00 bits per heavy atom. The molecule has 0 saturated carbocycles. The zero-order chi connectivity index (χ0) is 15.6. The Morgan fingerprint density at radius 3 is 2.57 bits per heavy atom. The van der Waals surface area contributed by atoms with Crippen molar-refractivity contribution in [2.24, 2.45) is 0 Å². The van der Waals surface area contributed by atoms with Crippen LogP contribution in [-0.2, 0) is 9.53 Å². The van der Waals surface area contributed by atoms with E-state index < -0.39 is 6.10 Å². The standard InChI is InChI=1S/C16H22ClNO3/c1-10-7-14(5-6-15(10)17)21-13(4)16(19)18-8-11(2)20-12(3)9-18/h5-7,11-13H,8-9H2,1-4H3/t11-,12+,13-/m0/s1. The third kappa shape index (κ3) is 4.11. The lowest BCUT2D eigenvalue weighted by Crippen LogP contribution is -2.51. The molecule has 0 bridgehead atoms. The van der Waals surface area contributed by atoms with Crippen molar-refractivity contribution in [1.29, 1.82) is 0 Å². The summed E-state index contributed by atoms with van der Waals surface area (Å²) in [5.74, 6) is 0.650. The lowest BCUT2D eigenvalue weighted by Gasteiger charge is -2.36. The van der Waals surface area contributed by atoms with Crippen LogP contribution in [0.15, 0.2) is 18.2 Å². The van der Waals surface area contributed by atoms with Crippen molar-refractivity contribution in [3.8, 4) is 5.75 Å². The average molecular weight is 312 g/mol. The molecule has 21 heavy (non-hydrogen) atoms. The van der Waals surface area contributed by atoms with Crippen LogP contribution in [0.5, 0.6) is 5.75 Å². The molecule has 1 aliphatic heterocycles. The molecule has 0 aromatic heterocycles. The molecular formula is C16H22ClNO3. The third-order valence-electron chi connectivity index (χ3n) is 3.52. The number of hydrogen-bond acceptors (Lipinski definition) is 3. The van der Waals surface area contributed by atoms with Crippen LogP contribution < -0.4 is 4.74 Å². The van der Waals surface area contributed by atoms with E-state index in [9.17, 15) is 4.79 Å². The van der Waals surface area contributed by atoms with Crippen LogP contribution in [-0.4, -0.2) is 42.2 Å². The van der Waals surface area contributed by atoms with Gasteiger partial charge in [-0.2, -0.15) is 0 Å². The largest absolute Gasteiger partial charge is 0.481 e. The minimum absolute atomic E-state index is 0.00963. The number of hydrogen-bond donors (Lipinski definition) is 0. The van der Waals surface area contributed by atoms with E-state index in [-0.39, 0.29) is 18.1 Å². The predicted molar refractivity (Wildman–Crippen MR) is 82.9 cm³/mol. The molecule has 0 N–H and O–H groups in total. The minimum Gasteiger partial charge on any atom is -0.481 e. The van der Waals surface area contributed by atoms with Gasteiger partial charge >= 0.3 is 0 Å². The zero-order valence-electron chi connectivity index (χ0n) is 12.9. The topological polar surface area (TPSA) is 38.8 Å². The maximum atomic E-state index is 12.5. The van der Waals surface area contributed by atoms with Crippen molar-refractivity contribution >= 4 is 17.5 Å². The van der Waals surface area contributed by atoms with Gasteiger partial charge in [0.2, 0.25) is 0 Å². The number of amides is 1. The van der Waals surface area contributed by atoms with E-state index in [1.54, 1.807) is 19.1 Å². The van der Waals surface area contributed by atoms with E-state index >= 15 is 0 Å². The van der Waals surface area contributed by atoms with E-state index in [1.807, 2.05) is 31.7 Å². The lowest BCUT2D eigenvalue weighted by molar-refractivity contribution is -0.149. The Balaban J connectivity index is 2.00. The Morgan fingerprint density at radius 1 is 1.38 bits per heavy atom. The highest BCUT2D eigenvalue weighted by atomic mass is 35.5. The van der Waals surface area contributed by atoms with E-state index in [1.165, 1.54) is 0 Å². The molecule has 1 saturated heterocycles. The minimum atomic E-state index is -0.525. The molecule has 0 spiro atoms. The molecule has 1 fully saturated rings. The second kappa shape index (κ2) is 6.67. The van der Waals surface area contributed by atoms with Crippen LogP contribution >= 0.6 is 11.6 Å². The first kappa shape index (κ1) is 16.1. The van der Waals surface area contributed by atoms with Gasteiger partial charge in [-0.3, -0.25) is 4.79 Å². The maximum absolute atomic E-state index is 12.5. The number of nitrogens with zero attached hydrogens (tertiary/aromatic N) is 1. The van der Waals surface area contributed by atoms with Gasteiger partial charge in [-0.05, 0) is 51.5 Å². The first-order chi connectivity index (χ1) is 9.86. The second-order valence-corrected chi connectivity index (χ2v) is 6.08. The normalized spacial score (nSPS) is 23.8. The molecule has 0 radical (unpaired) electrons.